The van der Waals surface area contributed by atoms with Gasteiger partial charge in [-0.05, 0) is 55.2 Å². The molecule has 5 nitrogen and oxygen atoms in total. The van der Waals surface area contributed by atoms with Crippen molar-refractivity contribution in [2.75, 3.05) is 12.0 Å². The van der Waals surface area contributed by atoms with Gasteiger partial charge < -0.3 is 10.5 Å². The summed E-state index contributed by atoms with van der Waals surface area (Å²) in [6.45, 7) is 2.01. The summed E-state index contributed by atoms with van der Waals surface area (Å²) in [7, 11) is 1.61. The number of carbonyl (C=O) groups is 1. The molecule has 0 radical (unpaired) electrons. The second kappa shape index (κ2) is 7.48. The number of anilines is 1. The summed E-state index contributed by atoms with van der Waals surface area (Å²) in [5, 5.41) is 10.0. The largest absolute Gasteiger partial charge is 0.497 e. The SMILES string of the molecule is COc1ccc([C@H]2C(C#N)=C(N)N(c3cccc(C)c3)C3=C2C(=O)CCC3)cc1. The highest BCUT2D eigenvalue weighted by Gasteiger charge is 2.40. The molecule has 4 rings (SSSR count). The predicted octanol–water partition coefficient (Wildman–Crippen LogP) is 4.31. The van der Waals surface area contributed by atoms with Crippen LogP contribution in [0.4, 0.5) is 5.69 Å². The van der Waals surface area contributed by atoms with Crippen molar-refractivity contribution in [3.05, 3.63) is 82.3 Å². The van der Waals surface area contributed by atoms with Crippen LogP contribution in [0.3, 0.4) is 0 Å². The fourth-order valence-corrected chi connectivity index (χ4v) is 4.28. The summed E-state index contributed by atoms with van der Waals surface area (Å²) in [6, 6.07) is 17.8. The average molecular weight is 385 g/mol. The maximum absolute atomic E-state index is 13.1. The second-order valence-corrected chi connectivity index (χ2v) is 7.43. The topological polar surface area (TPSA) is 79.3 Å². The molecule has 2 N–H and O–H groups in total. The number of Topliss-reactive ketones (excluding diaryl/α,β-unsaturated/α-hetero) is 1. The number of rotatable bonds is 3. The van der Waals surface area contributed by atoms with E-state index in [1.165, 1.54) is 0 Å². The maximum Gasteiger partial charge on any atom is 0.161 e. The number of methoxy groups -OCH3 is 1. The van der Waals surface area contributed by atoms with Crippen LogP contribution in [0.25, 0.3) is 0 Å². The lowest BCUT2D eigenvalue weighted by atomic mass is 9.75. The highest BCUT2D eigenvalue weighted by molar-refractivity contribution is 6.01. The van der Waals surface area contributed by atoms with Crippen molar-refractivity contribution in [2.24, 2.45) is 5.73 Å². The van der Waals surface area contributed by atoms with E-state index < -0.39 is 5.92 Å². The summed E-state index contributed by atoms with van der Waals surface area (Å²) >= 11 is 0. The zero-order valence-corrected chi connectivity index (χ0v) is 16.6. The number of hydrogen-bond donors (Lipinski definition) is 1. The van der Waals surface area contributed by atoms with E-state index in [4.69, 9.17) is 10.5 Å². The Bertz CT molecular complexity index is 1070. The molecule has 0 amide bonds. The third kappa shape index (κ3) is 3.17. The Morgan fingerprint density at radius 1 is 1.17 bits per heavy atom. The number of nitriles is 1. The van der Waals surface area contributed by atoms with E-state index in [0.29, 0.717) is 23.4 Å². The van der Waals surface area contributed by atoms with E-state index in [1.807, 2.05) is 60.4 Å². The van der Waals surface area contributed by atoms with Gasteiger partial charge in [0.05, 0.1) is 24.7 Å². The van der Waals surface area contributed by atoms with Gasteiger partial charge in [-0.15, -0.1) is 0 Å². The van der Waals surface area contributed by atoms with E-state index in [1.54, 1.807) is 7.11 Å². The first kappa shape index (κ1) is 18.8. The van der Waals surface area contributed by atoms with Crippen LogP contribution in [-0.4, -0.2) is 12.9 Å². The van der Waals surface area contributed by atoms with Crippen LogP contribution in [0.5, 0.6) is 5.75 Å². The predicted molar refractivity (Wildman–Crippen MR) is 112 cm³/mol. The molecule has 0 bridgehead atoms. The molecular formula is C24H23N3O2. The van der Waals surface area contributed by atoms with Crippen molar-refractivity contribution in [1.82, 2.24) is 0 Å². The molecule has 5 heteroatoms. The molecule has 0 saturated carbocycles. The lowest BCUT2D eigenvalue weighted by molar-refractivity contribution is -0.116. The Morgan fingerprint density at radius 3 is 2.59 bits per heavy atom. The van der Waals surface area contributed by atoms with Crippen molar-refractivity contribution >= 4 is 11.5 Å². The molecule has 146 valence electrons. The van der Waals surface area contributed by atoms with Crippen molar-refractivity contribution in [3.8, 4) is 11.8 Å². The highest BCUT2D eigenvalue weighted by atomic mass is 16.5. The molecule has 1 aliphatic carbocycles. The molecular weight excluding hydrogens is 362 g/mol. The minimum Gasteiger partial charge on any atom is -0.497 e. The molecule has 2 aliphatic rings. The Kier molecular flexibility index (Phi) is 4.85. The summed E-state index contributed by atoms with van der Waals surface area (Å²) in [5.41, 5.74) is 11.4. The number of nitrogens with zero attached hydrogens (tertiary/aromatic N) is 2. The number of aryl methyl sites for hydroxylation is 1. The zero-order chi connectivity index (χ0) is 20.5. The standard InChI is InChI=1S/C24H23N3O2/c1-15-5-3-6-17(13-15)27-20-7-4-8-21(28)23(20)22(19(14-25)24(27)26)16-9-11-18(29-2)12-10-16/h3,5-6,9-13,22H,4,7-8,26H2,1-2H3/t22-/m0/s1. The van der Waals surface area contributed by atoms with Crippen LogP contribution in [0.2, 0.25) is 0 Å². The zero-order valence-electron chi connectivity index (χ0n) is 16.6. The van der Waals surface area contributed by atoms with Crippen molar-refractivity contribution < 1.29 is 9.53 Å². The molecule has 0 saturated heterocycles. The number of ether oxygens (including phenoxy) is 1. The third-order valence-electron chi connectivity index (χ3n) is 5.62. The van der Waals surface area contributed by atoms with Crippen molar-refractivity contribution in [3.63, 3.8) is 0 Å². The number of ketones is 1. The molecule has 1 heterocycles. The van der Waals surface area contributed by atoms with E-state index >= 15 is 0 Å². The summed E-state index contributed by atoms with van der Waals surface area (Å²) in [4.78, 5) is 15.0. The van der Waals surface area contributed by atoms with Crippen molar-refractivity contribution in [2.45, 2.75) is 32.1 Å². The minimum absolute atomic E-state index is 0.0879. The molecule has 0 aromatic heterocycles. The number of hydrogen-bond acceptors (Lipinski definition) is 5. The number of benzene rings is 2. The van der Waals surface area contributed by atoms with Crippen molar-refractivity contribution in [1.29, 1.82) is 5.26 Å². The first-order valence-corrected chi connectivity index (χ1v) is 9.72. The van der Waals surface area contributed by atoms with Gasteiger partial charge in [-0.1, -0.05) is 24.3 Å². The molecule has 2 aromatic rings. The van der Waals surface area contributed by atoms with Gasteiger partial charge in [-0.2, -0.15) is 5.26 Å². The molecule has 1 aliphatic heterocycles. The number of nitrogens with two attached hydrogens (primary N) is 1. The molecule has 2 aromatic carbocycles. The quantitative estimate of drug-likeness (QED) is 0.852. The Labute approximate surface area is 170 Å². The van der Waals surface area contributed by atoms with Gasteiger partial charge in [0.15, 0.2) is 5.78 Å². The van der Waals surface area contributed by atoms with Gasteiger partial charge >= 0.3 is 0 Å². The Balaban J connectivity index is 1.94. The van der Waals surface area contributed by atoms with Gasteiger partial charge in [0.25, 0.3) is 0 Å². The number of carbonyl (C=O) groups excluding carboxylic acids is 1. The van der Waals surface area contributed by atoms with Crippen LogP contribution >= 0.6 is 0 Å². The van der Waals surface area contributed by atoms with Crippen LogP contribution in [0, 0.1) is 18.3 Å². The van der Waals surface area contributed by atoms with E-state index in [-0.39, 0.29) is 5.78 Å². The fourth-order valence-electron chi connectivity index (χ4n) is 4.28. The Hall–Kier alpha value is -3.52. The lowest BCUT2D eigenvalue weighted by Crippen LogP contribution is -2.38. The normalized spacial score (nSPS) is 19.1. The monoisotopic (exact) mass is 385 g/mol. The van der Waals surface area contributed by atoms with E-state index in [9.17, 15) is 10.1 Å². The van der Waals surface area contributed by atoms with Gasteiger partial charge in [0.2, 0.25) is 0 Å². The molecule has 0 unspecified atom stereocenters. The first-order chi connectivity index (χ1) is 14.0. The fraction of sp³-hybridized carbons (Fsp3) is 0.250. The van der Waals surface area contributed by atoms with Gasteiger partial charge in [-0.3, -0.25) is 9.69 Å². The molecule has 1 atom stereocenters. The third-order valence-corrected chi connectivity index (χ3v) is 5.62. The van der Waals surface area contributed by atoms with Gasteiger partial charge in [-0.25, -0.2) is 0 Å². The maximum atomic E-state index is 13.1. The van der Waals surface area contributed by atoms with Crippen LogP contribution < -0.4 is 15.4 Å². The lowest BCUT2D eigenvalue weighted by Gasteiger charge is -2.39. The van der Waals surface area contributed by atoms with Crippen LogP contribution in [0.1, 0.15) is 36.3 Å². The average Bonchev–Trinajstić information content (AvgIpc) is 2.73. The van der Waals surface area contributed by atoms with E-state index in [2.05, 4.69) is 6.07 Å². The van der Waals surface area contributed by atoms with Gasteiger partial charge in [0.1, 0.15) is 11.6 Å². The second-order valence-electron chi connectivity index (χ2n) is 7.43. The number of allylic oxidation sites excluding steroid dienone is 3. The van der Waals surface area contributed by atoms with Crippen LogP contribution in [-0.2, 0) is 4.79 Å². The van der Waals surface area contributed by atoms with Gasteiger partial charge in [0, 0.05) is 23.4 Å². The smallest absolute Gasteiger partial charge is 0.161 e. The summed E-state index contributed by atoms with van der Waals surface area (Å²) in [5.74, 6) is 0.762. The summed E-state index contributed by atoms with van der Waals surface area (Å²) in [6.07, 6.45) is 2.03. The van der Waals surface area contributed by atoms with Crippen LogP contribution in [0.15, 0.2) is 71.2 Å². The van der Waals surface area contributed by atoms with E-state index in [0.717, 1.165) is 41.1 Å². The minimum atomic E-state index is -0.449. The Morgan fingerprint density at radius 2 is 1.93 bits per heavy atom. The molecule has 0 spiro atoms. The molecule has 29 heavy (non-hydrogen) atoms. The highest BCUT2D eigenvalue weighted by Crippen LogP contribution is 2.46. The molecule has 0 fully saturated rings. The summed E-state index contributed by atoms with van der Waals surface area (Å²) < 4.78 is 5.26. The first-order valence-electron chi connectivity index (χ1n) is 9.72.